The van der Waals surface area contributed by atoms with Gasteiger partial charge in [-0.1, -0.05) is 0 Å². The monoisotopic (exact) mass is 274 g/mol. The van der Waals surface area contributed by atoms with Gasteiger partial charge in [0.1, 0.15) is 11.8 Å². The lowest BCUT2D eigenvalue weighted by Crippen LogP contribution is -2.13. The number of aromatic nitrogens is 4. The van der Waals surface area contributed by atoms with E-state index in [-0.39, 0.29) is 6.04 Å². The maximum Gasteiger partial charge on any atom is 0.154 e. The third kappa shape index (κ3) is 2.01. The van der Waals surface area contributed by atoms with Gasteiger partial charge in [0.05, 0.1) is 27.6 Å². The van der Waals surface area contributed by atoms with Crippen molar-refractivity contribution in [3.63, 3.8) is 0 Å². The van der Waals surface area contributed by atoms with Gasteiger partial charge in [0.2, 0.25) is 0 Å². The minimum Gasteiger partial charge on any atom is -0.395 e. The van der Waals surface area contributed by atoms with E-state index >= 15 is 0 Å². The largest absolute Gasteiger partial charge is 0.395 e. The molecule has 3 N–H and O–H groups in total. The summed E-state index contributed by atoms with van der Waals surface area (Å²) in [5.74, 6) is 0.859. The topological polar surface area (TPSA) is 81.7 Å². The summed E-state index contributed by atoms with van der Waals surface area (Å²) in [5, 5.41) is 11.3. The number of anilines is 2. The number of hydrogen-bond acceptors (Lipinski definition) is 6. The smallest absolute Gasteiger partial charge is 0.154 e. The van der Waals surface area contributed by atoms with Crippen LogP contribution in [0.15, 0.2) is 24.0 Å². The van der Waals surface area contributed by atoms with Crippen LogP contribution in [0.5, 0.6) is 0 Å². The SMILES string of the molecule is CC(Nc1ccc2scnc2c1N)c1nncn1C. The molecule has 6 nitrogen and oxygen atoms in total. The second-order valence-corrected chi connectivity index (χ2v) is 5.28. The molecule has 0 fully saturated rings. The zero-order valence-corrected chi connectivity index (χ0v) is 11.5. The number of aryl methyl sites for hydroxylation is 1. The van der Waals surface area contributed by atoms with Crippen LogP contribution in [-0.2, 0) is 7.05 Å². The fourth-order valence-corrected chi connectivity index (χ4v) is 2.75. The summed E-state index contributed by atoms with van der Waals surface area (Å²) in [5.41, 5.74) is 10.3. The average molecular weight is 274 g/mol. The number of fused-ring (bicyclic) bond motifs is 1. The molecule has 7 heteroatoms. The predicted octanol–water partition coefficient (Wildman–Crippen LogP) is 2.18. The number of nitrogen functional groups attached to an aromatic ring is 1. The molecule has 0 aliphatic heterocycles. The first-order valence-electron chi connectivity index (χ1n) is 5.89. The molecule has 0 bridgehead atoms. The highest BCUT2D eigenvalue weighted by atomic mass is 32.1. The zero-order valence-electron chi connectivity index (χ0n) is 10.7. The molecule has 0 radical (unpaired) electrons. The Morgan fingerprint density at radius 1 is 1.42 bits per heavy atom. The van der Waals surface area contributed by atoms with Crippen LogP contribution in [0.25, 0.3) is 10.2 Å². The van der Waals surface area contributed by atoms with Crippen molar-refractivity contribution < 1.29 is 0 Å². The average Bonchev–Trinajstić information content (AvgIpc) is 3.01. The number of nitrogens with zero attached hydrogens (tertiary/aromatic N) is 4. The van der Waals surface area contributed by atoms with Crippen LogP contribution in [0, 0.1) is 0 Å². The summed E-state index contributed by atoms with van der Waals surface area (Å²) in [6, 6.07) is 4.02. The molecule has 19 heavy (non-hydrogen) atoms. The maximum atomic E-state index is 6.14. The highest BCUT2D eigenvalue weighted by Crippen LogP contribution is 2.31. The molecular weight excluding hydrogens is 260 g/mol. The minimum absolute atomic E-state index is 0.0193. The van der Waals surface area contributed by atoms with Crippen LogP contribution in [0.1, 0.15) is 18.8 Å². The van der Waals surface area contributed by atoms with Crippen LogP contribution < -0.4 is 11.1 Å². The Morgan fingerprint density at radius 2 is 2.26 bits per heavy atom. The Morgan fingerprint density at radius 3 is 3.00 bits per heavy atom. The van der Waals surface area contributed by atoms with Gasteiger partial charge in [-0.15, -0.1) is 21.5 Å². The molecule has 1 atom stereocenters. The first-order valence-corrected chi connectivity index (χ1v) is 6.77. The number of nitrogens with one attached hydrogen (secondary N) is 1. The standard InChI is InChI=1S/C12H14N6S/c1-7(12-17-15-5-18(12)2)16-8-3-4-9-11(10(8)13)14-6-19-9/h3-7,16H,13H2,1-2H3. The Labute approximate surface area is 114 Å². The van der Waals surface area contributed by atoms with Crippen LogP contribution in [0.4, 0.5) is 11.4 Å². The van der Waals surface area contributed by atoms with Crippen molar-refractivity contribution >= 4 is 32.9 Å². The Bertz CT molecular complexity index is 716. The van der Waals surface area contributed by atoms with Crippen LogP contribution >= 0.6 is 11.3 Å². The van der Waals surface area contributed by atoms with Crippen LogP contribution in [-0.4, -0.2) is 19.7 Å². The summed E-state index contributed by atoms with van der Waals surface area (Å²) in [7, 11) is 1.92. The van der Waals surface area contributed by atoms with E-state index in [1.807, 2.05) is 30.7 Å². The van der Waals surface area contributed by atoms with Gasteiger partial charge in [0.15, 0.2) is 5.82 Å². The van der Waals surface area contributed by atoms with Gasteiger partial charge in [0.25, 0.3) is 0 Å². The lowest BCUT2D eigenvalue weighted by atomic mass is 10.2. The Hall–Kier alpha value is -2.15. The van der Waals surface area contributed by atoms with Crippen molar-refractivity contribution in [2.75, 3.05) is 11.1 Å². The maximum absolute atomic E-state index is 6.14. The first kappa shape index (κ1) is 11.9. The molecule has 0 aliphatic rings. The van der Waals surface area contributed by atoms with E-state index in [1.54, 1.807) is 23.2 Å². The summed E-state index contributed by atoms with van der Waals surface area (Å²) in [4.78, 5) is 4.29. The molecule has 0 aliphatic carbocycles. The molecule has 2 heterocycles. The third-order valence-electron chi connectivity index (χ3n) is 3.05. The molecular formula is C12H14N6S. The fraction of sp³-hybridized carbons (Fsp3) is 0.250. The van der Waals surface area contributed by atoms with Crippen molar-refractivity contribution in [2.24, 2.45) is 7.05 Å². The molecule has 98 valence electrons. The van der Waals surface area contributed by atoms with Crippen LogP contribution in [0.2, 0.25) is 0 Å². The predicted molar refractivity (Wildman–Crippen MR) is 77.1 cm³/mol. The summed E-state index contributed by atoms with van der Waals surface area (Å²) < 4.78 is 2.98. The van der Waals surface area contributed by atoms with Gasteiger partial charge >= 0.3 is 0 Å². The van der Waals surface area contributed by atoms with E-state index in [4.69, 9.17) is 5.73 Å². The van der Waals surface area contributed by atoms with E-state index < -0.39 is 0 Å². The van der Waals surface area contributed by atoms with Crippen molar-refractivity contribution in [3.8, 4) is 0 Å². The van der Waals surface area contributed by atoms with E-state index in [1.165, 1.54) is 0 Å². The molecule has 0 saturated heterocycles. The van der Waals surface area contributed by atoms with Crippen molar-refractivity contribution in [1.29, 1.82) is 0 Å². The van der Waals surface area contributed by atoms with Gasteiger partial charge in [-0.25, -0.2) is 4.98 Å². The third-order valence-corrected chi connectivity index (χ3v) is 3.84. The second-order valence-electron chi connectivity index (χ2n) is 4.39. The lowest BCUT2D eigenvalue weighted by molar-refractivity contribution is 0.720. The van der Waals surface area contributed by atoms with Gasteiger partial charge in [-0.2, -0.15) is 0 Å². The van der Waals surface area contributed by atoms with E-state index in [0.29, 0.717) is 5.69 Å². The van der Waals surface area contributed by atoms with Gasteiger partial charge in [-0.05, 0) is 19.1 Å². The minimum atomic E-state index is 0.0193. The Balaban J connectivity index is 1.93. The number of benzene rings is 1. The summed E-state index contributed by atoms with van der Waals surface area (Å²) in [6.45, 7) is 2.02. The quantitative estimate of drug-likeness (QED) is 0.715. The Kier molecular flexibility index (Phi) is 2.83. The first-order chi connectivity index (χ1) is 9.16. The number of hydrogen-bond donors (Lipinski definition) is 2. The number of rotatable bonds is 3. The van der Waals surface area contributed by atoms with Gasteiger partial charge < -0.3 is 15.6 Å². The molecule has 1 aromatic carbocycles. The normalized spacial score (nSPS) is 12.7. The second kappa shape index (κ2) is 4.51. The number of thiazole rings is 1. The highest BCUT2D eigenvalue weighted by molar-refractivity contribution is 7.16. The molecule has 3 rings (SSSR count). The van der Waals surface area contributed by atoms with E-state index in [0.717, 1.165) is 21.7 Å². The van der Waals surface area contributed by atoms with E-state index in [9.17, 15) is 0 Å². The molecule has 0 saturated carbocycles. The van der Waals surface area contributed by atoms with Gasteiger partial charge in [-0.3, -0.25) is 0 Å². The highest BCUT2D eigenvalue weighted by Gasteiger charge is 2.14. The molecule has 3 aromatic rings. The molecule has 0 amide bonds. The molecule has 1 unspecified atom stereocenters. The van der Waals surface area contributed by atoms with E-state index in [2.05, 4.69) is 20.5 Å². The van der Waals surface area contributed by atoms with Crippen molar-refractivity contribution in [2.45, 2.75) is 13.0 Å². The summed E-state index contributed by atoms with van der Waals surface area (Å²) in [6.07, 6.45) is 1.68. The molecule has 0 spiro atoms. The lowest BCUT2D eigenvalue weighted by Gasteiger charge is -2.16. The van der Waals surface area contributed by atoms with Crippen molar-refractivity contribution in [1.82, 2.24) is 19.7 Å². The van der Waals surface area contributed by atoms with Crippen LogP contribution in [0.3, 0.4) is 0 Å². The summed E-state index contributed by atoms with van der Waals surface area (Å²) >= 11 is 1.58. The zero-order chi connectivity index (χ0) is 13.4. The van der Waals surface area contributed by atoms with Gasteiger partial charge in [0, 0.05) is 7.05 Å². The fourth-order valence-electron chi connectivity index (χ4n) is 2.06. The van der Waals surface area contributed by atoms with Crippen molar-refractivity contribution in [3.05, 3.63) is 29.8 Å². The molecule has 2 aromatic heterocycles. The number of nitrogens with two attached hydrogens (primary N) is 1.